The Balaban J connectivity index is 1.89. The van der Waals surface area contributed by atoms with E-state index in [1.807, 2.05) is 13.8 Å². The monoisotopic (exact) mass is 304 g/mol. The molecule has 0 heterocycles. The number of rotatable bonds is 7. The smallest absolute Gasteiger partial charge is 0.251 e. The van der Waals surface area contributed by atoms with Gasteiger partial charge in [-0.3, -0.25) is 9.59 Å². The van der Waals surface area contributed by atoms with E-state index in [0.29, 0.717) is 30.1 Å². The summed E-state index contributed by atoms with van der Waals surface area (Å²) in [6.07, 6.45) is 2.74. The summed E-state index contributed by atoms with van der Waals surface area (Å²) in [6, 6.07) is 6.99. The number of aliphatic hydroxyl groups is 1. The van der Waals surface area contributed by atoms with Gasteiger partial charge in [0.2, 0.25) is 0 Å². The Labute approximate surface area is 131 Å². The van der Waals surface area contributed by atoms with Crippen LogP contribution in [0.1, 0.15) is 53.8 Å². The van der Waals surface area contributed by atoms with Crippen LogP contribution in [0.25, 0.3) is 0 Å². The van der Waals surface area contributed by atoms with Crippen molar-refractivity contribution in [3.8, 4) is 0 Å². The van der Waals surface area contributed by atoms with Crippen molar-refractivity contribution < 1.29 is 14.7 Å². The van der Waals surface area contributed by atoms with Gasteiger partial charge in [-0.15, -0.1) is 0 Å². The van der Waals surface area contributed by atoms with Gasteiger partial charge in [0.1, 0.15) is 0 Å². The van der Waals surface area contributed by atoms with Crippen LogP contribution in [-0.2, 0) is 0 Å². The van der Waals surface area contributed by atoms with Crippen molar-refractivity contribution in [1.29, 1.82) is 0 Å². The lowest BCUT2D eigenvalue weighted by atomic mass is 9.89. The Hall–Kier alpha value is -1.88. The predicted molar refractivity (Wildman–Crippen MR) is 84.7 cm³/mol. The molecule has 1 saturated carbocycles. The van der Waals surface area contributed by atoms with Gasteiger partial charge in [0.15, 0.2) is 0 Å². The van der Waals surface area contributed by atoms with Crippen molar-refractivity contribution in [2.24, 2.45) is 5.41 Å². The Morgan fingerprint density at radius 3 is 2.18 bits per heavy atom. The highest BCUT2D eigenvalue weighted by Gasteiger charge is 2.24. The molecule has 0 spiro atoms. The van der Waals surface area contributed by atoms with Crippen molar-refractivity contribution in [1.82, 2.24) is 10.6 Å². The van der Waals surface area contributed by atoms with E-state index in [1.54, 1.807) is 24.3 Å². The molecule has 1 aliphatic rings. The lowest BCUT2D eigenvalue weighted by molar-refractivity contribution is 0.0923. The topological polar surface area (TPSA) is 78.4 Å². The molecule has 0 aliphatic heterocycles. The fraction of sp³-hybridized carbons (Fsp3) is 0.529. The molecule has 2 amide bonds. The second kappa shape index (κ2) is 6.92. The zero-order valence-electron chi connectivity index (χ0n) is 13.2. The van der Waals surface area contributed by atoms with Gasteiger partial charge in [0.25, 0.3) is 11.8 Å². The predicted octanol–water partition coefficient (Wildman–Crippen LogP) is 1.72. The van der Waals surface area contributed by atoms with E-state index in [2.05, 4.69) is 10.6 Å². The van der Waals surface area contributed by atoms with E-state index in [9.17, 15) is 9.59 Å². The van der Waals surface area contributed by atoms with Gasteiger partial charge in [-0.25, -0.2) is 0 Å². The van der Waals surface area contributed by atoms with Gasteiger partial charge in [-0.1, -0.05) is 13.8 Å². The zero-order valence-corrected chi connectivity index (χ0v) is 13.2. The van der Waals surface area contributed by atoms with Crippen molar-refractivity contribution >= 4 is 11.8 Å². The first-order chi connectivity index (χ1) is 10.4. The number of benzene rings is 1. The Kier molecular flexibility index (Phi) is 5.19. The van der Waals surface area contributed by atoms with Gasteiger partial charge in [0, 0.05) is 30.3 Å². The van der Waals surface area contributed by atoms with E-state index in [1.165, 1.54) is 0 Å². The summed E-state index contributed by atoms with van der Waals surface area (Å²) in [7, 11) is 0. The second-order valence-corrected chi connectivity index (χ2v) is 6.65. The molecule has 5 nitrogen and oxygen atoms in total. The average molecular weight is 304 g/mol. The summed E-state index contributed by atoms with van der Waals surface area (Å²) in [5.74, 6) is -0.251. The third-order valence-corrected chi connectivity index (χ3v) is 3.84. The first-order valence-corrected chi connectivity index (χ1v) is 7.71. The molecule has 0 unspecified atom stereocenters. The minimum Gasteiger partial charge on any atom is -0.396 e. The van der Waals surface area contributed by atoms with Gasteiger partial charge in [-0.2, -0.15) is 0 Å². The molecule has 5 heteroatoms. The Bertz CT molecular complexity index is 533. The summed E-state index contributed by atoms with van der Waals surface area (Å²) < 4.78 is 0. The first-order valence-electron chi connectivity index (χ1n) is 7.71. The molecule has 0 atom stereocenters. The van der Waals surface area contributed by atoms with Crippen LogP contribution in [0.5, 0.6) is 0 Å². The van der Waals surface area contributed by atoms with Crippen molar-refractivity contribution in [3.05, 3.63) is 35.4 Å². The van der Waals surface area contributed by atoms with E-state index >= 15 is 0 Å². The van der Waals surface area contributed by atoms with Crippen LogP contribution in [0.4, 0.5) is 0 Å². The van der Waals surface area contributed by atoms with Crippen molar-refractivity contribution in [2.45, 2.75) is 39.2 Å². The fourth-order valence-corrected chi connectivity index (χ4v) is 2.08. The minimum atomic E-state index is -0.167. The number of nitrogens with one attached hydrogen (secondary N) is 2. The van der Waals surface area contributed by atoms with Crippen LogP contribution in [0, 0.1) is 5.41 Å². The second-order valence-electron chi connectivity index (χ2n) is 6.65. The van der Waals surface area contributed by atoms with Crippen LogP contribution >= 0.6 is 0 Å². The standard InChI is InChI=1S/C17H24N2O3/c1-17(2,9-10-20)11-18-15(21)12-3-5-13(6-4-12)16(22)19-14-7-8-14/h3-6,14,20H,7-11H2,1-2H3,(H,18,21)(H,19,22). The molecule has 120 valence electrons. The molecule has 1 aromatic carbocycles. The Morgan fingerprint density at radius 1 is 1.14 bits per heavy atom. The molecular weight excluding hydrogens is 280 g/mol. The summed E-state index contributed by atoms with van der Waals surface area (Å²) in [5.41, 5.74) is 0.959. The number of carbonyl (C=O) groups is 2. The van der Waals surface area contributed by atoms with Crippen molar-refractivity contribution in [2.75, 3.05) is 13.2 Å². The van der Waals surface area contributed by atoms with Gasteiger partial charge in [0.05, 0.1) is 0 Å². The van der Waals surface area contributed by atoms with Crippen LogP contribution in [0.3, 0.4) is 0 Å². The number of hydrogen-bond acceptors (Lipinski definition) is 3. The van der Waals surface area contributed by atoms with Crippen LogP contribution in [0.15, 0.2) is 24.3 Å². The molecule has 1 aromatic rings. The minimum absolute atomic E-state index is 0.0847. The number of aliphatic hydroxyl groups excluding tert-OH is 1. The highest BCUT2D eigenvalue weighted by atomic mass is 16.3. The molecule has 0 aromatic heterocycles. The van der Waals surface area contributed by atoms with Gasteiger partial charge in [-0.05, 0) is 48.9 Å². The van der Waals surface area contributed by atoms with Gasteiger partial charge >= 0.3 is 0 Å². The van der Waals surface area contributed by atoms with Crippen LogP contribution in [0.2, 0.25) is 0 Å². The maximum absolute atomic E-state index is 12.1. The lowest BCUT2D eigenvalue weighted by Gasteiger charge is -2.23. The molecule has 22 heavy (non-hydrogen) atoms. The molecule has 0 bridgehead atoms. The molecule has 1 fully saturated rings. The fourth-order valence-electron chi connectivity index (χ4n) is 2.08. The third-order valence-electron chi connectivity index (χ3n) is 3.84. The molecular formula is C17H24N2O3. The largest absolute Gasteiger partial charge is 0.396 e. The molecule has 3 N–H and O–H groups in total. The van der Waals surface area contributed by atoms with E-state index < -0.39 is 0 Å². The summed E-state index contributed by atoms with van der Waals surface area (Å²) >= 11 is 0. The maximum atomic E-state index is 12.1. The van der Waals surface area contributed by atoms with Gasteiger partial charge < -0.3 is 15.7 Å². The normalized spacial score (nSPS) is 14.5. The number of hydrogen-bond donors (Lipinski definition) is 3. The average Bonchev–Trinajstić information content (AvgIpc) is 3.29. The highest BCUT2D eigenvalue weighted by molar-refractivity contribution is 5.98. The van der Waals surface area contributed by atoms with Crippen LogP contribution in [-0.4, -0.2) is 36.1 Å². The maximum Gasteiger partial charge on any atom is 0.251 e. The molecule has 0 radical (unpaired) electrons. The molecule has 1 aliphatic carbocycles. The SMILES string of the molecule is CC(C)(CCO)CNC(=O)c1ccc(C(=O)NC2CC2)cc1. The third kappa shape index (κ3) is 4.84. The highest BCUT2D eigenvalue weighted by Crippen LogP contribution is 2.20. The molecule has 2 rings (SSSR count). The Morgan fingerprint density at radius 2 is 1.68 bits per heavy atom. The van der Waals surface area contributed by atoms with E-state index in [4.69, 9.17) is 5.11 Å². The van der Waals surface area contributed by atoms with E-state index in [0.717, 1.165) is 12.8 Å². The zero-order chi connectivity index (χ0) is 16.2. The number of amides is 2. The van der Waals surface area contributed by atoms with Crippen molar-refractivity contribution in [3.63, 3.8) is 0 Å². The quantitative estimate of drug-likeness (QED) is 0.717. The summed E-state index contributed by atoms with van der Waals surface area (Å²) in [6.45, 7) is 4.59. The first kappa shape index (κ1) is 16.5. The van der Waals surface area contributed by atoms with E-state index in [-0.39, 0.29) is 23.8 Å². The number of carbonyl (C=O) groups excluding carboxylic acids is 2. The summed E-state index contributed by atoms with van der Waals surface area (Å²) in [5, 5.41) is 14.8. The molecule has 0 saturated heterocycles. The van der Waals surface area contributed by atoms with Crippen LogP contribution < -0.4 is 10.6 Å². The summed E-state index contributed by atoms with van der Waals surface area (Å²) in [4.78, 5) is 24.0. The lowest BCUT2D eigenvalue weighted by Crippen LogP contribution is -2.34.